The van der Waals surface area contributed by atoms with Crippen LogP contribution in [0.4, 0.5) is 0 Å². The fraction of sp³-hybridized carbons (Fsp3) is 0.429. The average molecular weight is 248 g/mol. The fourth-order valence-electron chi connectivity index (χ4n) is 3.10. The molecule has 2 bridgehead atoms. The zero-order valence-electron chi connectivity index (χ0n) is 9.62. The maximum Gasteiger partial charge on any atom is 0.160 e. The van der Waals surface area contributed by atoms with E-state index >= 15 is 0 Å². The van der Waals surface area contributed by atoms with Gasteiger partial charge in [-0.1, -0.05) is 42.5 Å². The predicted molar refractivity (Wildman–Crippen MR) is 68.7 cm³/mol. The van der Waals surface area contributed by atoms with Gasteiger partial charge in [0.1, 0.15) is 0 Å². The number of hydrogen-bond acceptors (Lipinski definition) is 2. The minimum absolute atomic E-state index is 0.183. The first-order chi connectivity index (χ1) is 8.19. The predicted octanol–water partition coefficient (Wildman–Crippen LogP) is 2.68. The van der Waals surface area contributed by atoms with Crippen molar-refractivity contribution in [2.75, 3.05) is 0 Å². The number of fused-ring (bicyclic) bond motifs is 2. The van der Waals surface area contributed by atoms with Crippen LogP contribution < -0.4 is 0 Å². The molecular formula is C14H16O2S. The molecular weight excluding hydrogens is 232 g/mol. The van der Waals surface area contributed by atoms with E-state index in [1.165, 1.54) is 5.56 Å². The molecule has 2 heterocycles. The van der Waals surface area contributed by atoms with Crippen LogP contribution in [-0.4, -0.2) is 18.9 Å². The molecule has 0 saturated carbocycles. The third-order valence-corrected chi connectivity index (χ3v) is 6.60. The van der Waals surface area contributed by atoms with Gasteiger partial charge in [-0.3, -0.25) is 0 Å². The van der Waals surface area contributed by atoms with E-state index in [9.17, 15) is 8.42 Å². The number of allylic oxidation sites excluding steroid dienone is 1. The van der Waals surface area contributed by atoms with Gasteiger partial charge < -0.3 is 0 Å². The van der Waals surface area contributed by atoms with Crippen molar-refractivity contribution >= 4 is 9.84 Å². The van der Waals surface area contributed by atoms with Crippen molar-refractivity contribution in [3.8, 4) is 0 Å². The molecule has 1 aromatic rings. The van der Waals surface area contributed by atoms with Crippen molar-refractivity contribution in [1.29, 1.82) is 0 Å². The highest BCUT2D eigenvalue weighted by Crippen LogP contribution is 2.41. The lowest BCUT2D eigenvalue weighted by Gasteiger charge is -2.37. The lowest BCUT2D eigenvalue weighted by Crippen LogP contribution is -2.42. The molecule has 0 N–H and O–H groups in total. The molecule has 3 atom stereocenters. The Hall–Kier alpha value is -1.09. The molecule has 0 unspecified atom stereocenters. The standard InChI is InChI=1S/C14H16O2S/c15-17(16)12-7-4-8-14(17)13(10-9-12)11-5-2-1-3-6-11/h1-7,12-14H,8-10H2/t12-,13+,14-/m0/s1. The monoisotopic (exact) mass is 248 g/mol. The zero-order chi connectivity index (χ0) is 11.9. The minimum atomic E-state index is -2.95. The van der Waals surface area contributed by atoms with Gasteiger partial charge in [0.2, 0.25) is 0 Å². The average Bonchev–Trinajstić information content (AvgIpc) is 2.28. The molecule has 0 aliphatic carbocycles. The van der Waals surface area contributed by atoms with Crippen LogP contribution in [0.15, 0.2) is 42.5 Å². The molecule has 0 aromatic heterocycles. The van der Waals surface area contributed by atoms with Crippen molar-refractivity contribution < 1.29 is 8.42 Å². The van der Waals surface area contributed by atoms with Gasteiger partial charge in [-0.2, -0.15) is 0 Å². The summed E-state index contributed by atoms with van der Waals surface area (Å²) in [5.74, 6) is 0.183. The van der Waals surface area contributed by atoms with Crippen LogP contribution in [0, 0.1) is 0 Å². The third-order valence-electron chi connectivity index (χ3n) is 4.00. The summed E-state index contributed by atoms with van der Waals surface area (Å²) in [7, 11) is -2.95. The first-order valence-electron chi connectivity index (χ1n) is 6.14. The normalized spacial score (nSPS) is 34.5. The van der Waals surface area contributed by atoms with E-state index in [1.807, 2.05) is 30.4 Å². The molecule has 3 heteroatoms. The van der Waals surface area contributed by atoms with Gasteiger partial charge in [-0.25, -0.2) is 8.42 Å². The Morgan fingerprint density at radius 1 is 1.06 bits per heavy atom. The topological polar surface area (TPSA) is 34.1 Å². The van der Waals surface area contributed by atoms with E-state index in [0.29, 0.717) is 6.42 Å². The summed E-state index contributed by atoms with van der Waals surface area (Å²) in [6, 6.07) is 10.1. The van der Waals surface area contributed by atoms with Crippen LogP contribution in [0.1, 0.15) is 30.7 Å². The van der Waals surface area contributed by atoms with Crippen molar-refractivity contribution in [2.24, 2.45) is 0 Å². The van der Waals surface area contributed by atoms with Crippen molar-refractivity contribution in [1.82, 2.24) is 0 Å². The number of hydrogen-bond donors (Lipinski definition) is 0. The summed E-state index contributed by atoms with van der Waals surface area (Å²) in [6.07, 6.45) is 6.37. The molecule has 1 saturated heterocycles. The lowest BCUT2D eigenvalue weighted by atomic mass is 9.86. The highest BCUT2D eigenvalue weighted by atomic mass is 32.2. The Labute approximate surface area is 102 Å². The van der Waals surface area contributed by atoms with Crippen molar-refractivity contribution in [3.05, 3.63) is 48.0 Å². The van der Waals surface area contributed by atoms with Crippen LogP contribution in [0.2, 0.25) is 0 Å². The largest absolute Gasteiger partial charge is 0.228 e. The Kier molecular flexibility index (Phi) is 2.58. The van der Waals surface area contributed by atoms with Gasteiger partial charge in [0.05, 0.1) is 10.5 Å². The number of benzene rings is 1. The van der Waals surface area contributed by atoms with Crippen molar-refractivity contribution in [2.45, 2.75) is 35.7 Å². The van der Waals surface area contributed by atoms with Crippen LogP contribution >= 0.6 is 0 Å². The van der Waals surface area contributed by atoms with Gasteiger partial charge in [0.25, 0.3) is 0 Å². The Bertz CT molecular complexity index is 531. The van der Waals surface area contributed by atoms with Gasteiger partial charge >= 0.3 is 0 Å². The molecule has 17 heavy (non-hydrogen) atoms. The first-order valence-corrected chi connectivity index (χ1v) is 7.75. The molecule has 0 amide bonds. The van der Waals surface area contributed by atoms with Gasteiger partial charge in [0.15, 0.2) is 9.84 Å². The summed E-state index contributed by atoms with van der Waals surface area (Å²) in [6.45, 7) is 0. The Morgan fingerprint density at radius 3 is 2.59 bits per heavy atom. The summed E-state index contributed by atoms with van der Waals surface area (Å²) < 4.78 is 24.7. The Morgan fingerprint density at radius 2 is 1.82 bits per heavy atom. The molecule has 1 aromatic carbocycles. The maximum absolute atomic E-state index is 12.3. The molecule has 2 nitrogen and oxygen atoms in total. The van der Waals surface area contributed by atoms with E-state index in [-0.39, 0.29) is 16.4 Å². The second-order valence-corrected chi connectivity index (χ2v) is 7.31. The van der Waals surface area contributed by atoms with Crippen LogP contribution in [0.5, 0.6) is 0 Å². The van der Waals surface area contributed by atoms with Gasteiger partial charge in [-0.05, 0) is 24.8 Å². The van der Waals surface area contributed by atoms with Crippen LogP contribution in [-0.2, 0) is 9.84 Å². The van der Waals surface area contributed by atoms with Crippen molar-refractivity contribution in [3.63, 3.8) is 0 Å². The fourth-order valence-corrected chi connectivity index (χ4v) is 5.47. The number of rotatable bonds is 1. The summed E-state index contributed by atoms with van der Waals surface area (Å²) >= 11 is 0. The molecule has 3 rings (SSSR count). The smallest absolute Gasteiger partial charge is 0.160 e. The second-order valence-electron chi connectivity index (χ2n) is 4.92. The maximum atomic E-state index is 12.3. The molecule has 0 radical (unpaired) electrons. The highest BCUT2D eigenvalue weighted by molar-refractivity contribution is 7.93. The molecule has 90 valence electrons. The quantitative estimate of drug-likeness (QED) is 0.716. The number of sulfone groups is 1. The lowest BCUT2D eigenvalue weighted by molar-refractivity contribution is 0.474. The molecule has 1 fully saturated rings. The van der Waals surface area contributed by atoms with Gasteiger partial charge in [0, 0.05) is 5.92 Å². The molecule has 2 aliphatic rings. The van der Waals surface area contributed by atoms with E-state index in [2.05, 4.69) is 12.1 Å². The molecule has 2 aliphatic heterocycles. The first kappa shape index (κ1) is 11.0. The zero-order valence-corrected chi connectivity index (χ0v) is 10.4. The van der Waals surface area contributed by atoms with E-state index in [1.54, 1.807) is 0 Å². The van der Waals surface area contributed by atoms with Crippen LogP contribution in [0.3, 0.4) is 0 Å². The minimum Gasteiger partial charge on any atom is -0.228 e. The third kappa shape index (κ3) is 1.73. The van der Waals surface area contributed by atoms with E-state index in [0.717, 1.165) is 12.8 Å². The van der Waals surface area contributed by atoms with Crippen LogP contribution in [0.25, 0.3) is 0 Å². The summed E-state index contributed by atoms with van der Waals surface area (Å²) in [5, 5.41) is -0.421. The van der Waals surface area contributed by atoms with E-state index in [4.69, 9.17) is 0 Å². The SMILES string of the molecule is O=S1(=O)[C@H]2C=CC[C@H]1[C@@H](c1ccccc1)CC2. The van der Waals surface area contributed by atoms with E-state index < -0.39 is 9.84 Å². The summed E-state index contributed by atoms with van der Waals surface area (Å²) in [5.41, 5.74) is 1.18. The second kappa shape index (κ2) is 3.98. The summed E-state index contributed by atoms with van der Waals surface area (Å²) in [4.78, 5) is 0. The highest BCUT2D eigenvalue weighted by Gasteiger charge is 2.44. The van der Waals surface area contributed by atoms with Gasteiger partial charge in [-0.15, -0.1) is 0 Å². The Balaban J connectivity index is 2.02. The molecule has 0 spiro atoms.